The van der Waals surface area contributed by atoms with Crippen LogP contribution in [0.4, 0.5) is 0 Å². The first-order chi connectivity index (χ1) is 23.7. The van der Waals surface area contributed by atoms with Gasteiger partial charge < -0.3 is 25.0 Å². The summed E-state index contributed by atoms with van der Waals surface area (Å²) >= 11 is 0. The van der Waals surface area contributed by atoms with E-state index in [1.807, 2.05) is 0 Å². The number of hydrogen-bond donors (Lipinski definition) is 3. The van der Waals surface area contributed by atoms with Gasteiger partial charge in [-0.1, -0.05) is 36.4 Å². The number of allylic oxidation sites excluding steroid dienone is 1. The quantitative estimate of drug-likeness (QED) is 0.203. The average Bonchev–Trinajstić information content (AvgIpc) is 3.08. The smallest absolute Gasteiger partial charge is 0.342 e. The van der Waals surface area contributed by atoms with Crippen molar-refractivity contribution in [2.45, 2.75) is 70.4 Å². The highest BCUT2D eigenvalue weighted by Crippen LogP contribution is 2.44. The third-order valence-corrected chi connectivity index (χ3v) is 8.71. The number of methoxy groups -OCH3 is 1. The maximum Gasteiger partial charge on any atom is 0.342 e. The van der Waals surface area contributed by atoms with Gasteiger partial charge in [-0.3, -0.25) is 19.0 Å². The van der Waals surface area contributed by atoms with E-state index < -0.39 is 29.6 Å². The highest BCUT2D eigenvalue weighted by Gasteiger charge is 2.31. The summed E-state index contributed by atoms with van der Waals surface area (Å²) in [5, 5.41) is 26.5. The molecule has 0 saturated heterocycles. The first-order valence-electron chi connectivity index (χ1n) is 16.5. The van der Waals surface area contributed by atoms with Crippen molar-refractivity contribution in [3.8, 4) is 17.2 Å². The molecule has 11 heteroatoms. The van der Waals surface area contributed by atoms with Gasteiger partial charge in [0.2, 0.25) is 5.91 Å². The van der Waals surface area contributed by atoms with Crippen molar-refractivity contribution in [1.29, 1.82) is 0 Å². The summed E-state index contributed by atoms with van der Waals surface area (Å²) < 4.78 is 12.4. The van der Waals surface area contributed by atoms with Gasteiger partial charge >= 0.3 is 5.97 Å². The lowest BCUT2D eigenvalue weighted by Gasteiger charge is -2.23. The third kappa shape index (κ3) is 8.53. The predicted octanol–water partition coefficient (Wildman–Crippen LogP) is 5.64. The number of amides is 1. The van der Waals surface area contributed by atoms with Crippen molar-refractivity contribution < 1.29 is 34.1 Å². The Morgan fingerprint density at radius 3 is 2.61 bits per heavy atom. The number of ether oxygens (including phenoxy) is 2. The summed E-state index contributed by atoms with van der Waals surface area (Å²) in [7, 11) is 1.53. The number of nitrogens with one attached hydrogen (secondary N) is 1. The lowest BCUT2D eigenvalue weighted by molar-refractivity contribution is -0.121. The molecule has 0 bridgehead atoms. The topological polar surface area (TPSA) is 157 Å². The van der Waals surface area contributed by atoms with Gasteiger partial charge in [0.05, 0.1) is 30.4 Å². The van der Waals surface area contributed by atoms with Gasteiger partial charge in [-0.15, -0.1) is 0 Å². The lowest BCUT2D eigenvalue weighted by Crippen LogP contribution is -2.32. The molecule has 1 aliphatic rings. The number of hydrogen-bond acceptors (Lipinski definition) is 9. The number of carbonyl (C=O) groups is 3. The summed E-state index contributed by atoms with van der Waals surface area (Å²) in [5.74, 6) is -2.12. The van der Waals surface area contributed by atoms with Gasteiger partial charge in [-0.05, 0) is 74.1 Å². The number of carbonyl (C=O) groups excluding carboxylic acids is 3. The Balaban J connectivity index is 1.45. The molecule has 3 N–H and O–H groups in total. The van der Waals surface area contributed by atoms with E-state index in [0.717, 1.165) is 0 Å². The zero-order valence-electron chi connectivity index (χ0n) is 27.7. The minimum Gasteiger partial charge on any atom is -0.507 e. The number of para-hydroxylation sites is 1. The SMILES string of the molecule is COc1ccc(C(CC(=O)NCCn2cnc3ccccc3c2=O)c2c(O)cc3c(c2O)C(=O)O[C@@H](C)CCCC(=O)CCC/C=C/3)cc1. The Hall–Kier alpha value is -5.45. The van der Waals surface area contributed by atoms with Crippen LogP contribution in [0.3, 0.4) is 0 Å². The molecule has 49 heavy (non-hydrogen) atoms. The van der Waals surface area contributed by atoms with Gasteiger partial charge in [-0.2, -0.15) is 0 Å². The summed E-state index contributed by atoms with van der Waals surface area (Å²) in [4.78, 5) is 56.4. The monoisotopic (exact) mass is 667 g/mol. The molecule has 1 aliphatic heterocycles. The average molecular weight is 668 g/mol. The van der Waals surface area contributed by atoms with Crippen molar-refractivity contribution in [1.82, 2.24) is 14.9 Å². The fourth-order valence-electron chi connectivity index (χ4n) is 6.08. The first-order valence-corrected chi connectivity index (χ1v) is 16.5. The second kappa shape index (κ2) is 16.1. The van der Waals surface area contributed by atoms with Gasteiger partial charge in [0, 0.05) is 43.8 Å². The molecule has 1 aromatic heterocycles. The summed E-state index contributed by atoms with van der Waals surface area (Å²) in [5.41, 5.74) is 1.08. The molecule has 0 radical (unpaired) electrons. The molecule has 4 aromatic rings. The number of aromatic nitrogens is 2. The number of aromatic hydroxyl groups is 2. The lowest BCUT2D eigenvalue weighted by atomic mass is 9.84. The van der Waals surface area contributed by atoms with Crippen LogP contribution in [0.25, 0.3) is 17.0 Å². The molecular weight excluding hydrogens is 626 g/mol. The number of Topliss-reactive ketones (excluding diaryl/α,β-unsaturated/α-hetero) is 1. The van der Waals surface area contributed by atoms with Gasteiger partial charge in [-0.25, -0.2) is 9.78 Å². The van der Waals surface area contributed by atoms with Gasteiger partial charge in [0.1, 0.15) is 28.6 Å². The van der Waals surface area contributed by atoms with E-state index in [0.29, 0.717) is 60.7 Å². The molecule has 0 fully saturated rings. The summed E-state index contributed by atoms with van der Waals surface area (Å²) in [6.45, 7) is 2.03. The Morgan fingerprint density at radius 2 is 1.84 bits per heavy atom. The second-order valence-corrected chi connectivity index (χ2v) is 12.2. The number of phenolic OH excluding ortho intramolecular Hbond substituents is 2. The first kappa shape index (κ1) is 34.9. The van der Waals surface area contributed by atoms with Crippen molar-refractivity contribution in [3.05, 3.63) is 99.6 Å². The fourth-order valence-corrected chi connectivity index (χ4v) is 6.08. The summed E-state index contributed by atoms with van der Waals surface area (Å²) in [6, 6.07) is 15.3. The normalized spacial score (nSPS) is 17.0. The number of rotatable bonds is 8. The molecule has 2 atom stereocenters. The van der Waals surface area contributed by atoms with Crippen LogP contribution in [-0.2, 0) is 20.9 Å². The highest BCUT2D eigenvalue weighted by atomic mass is 16.5. The van der Waals surface area contributed by atoms with Crippen LogP contribution in [-0.4, -0.2) is 57.2 Å². The number of ketones is 1. The van der Waals surface area contributed by atoms with Crippen LogP contribution < -0.4 is 15.6 Å². The van der Waals surface area contributed by atoms with Gasteiger partial charge in [0.25, 0.3) is 5.56 Å². The van der Waals surface area contributed by atoms with E-state index in [1.165, 1.54) is 24.1 Å². The Bertz CT molecular complexity index is 1920. The highest BCUT2D eigenvalue weighted by molar-refractivity contribution is 5.98. The molecular formula is C38H41N3O8. The maximum absolute atomic E-state index is 13.6. The van der Waals surface area contributed by atoms with Crippen molar-refractivity contribution in [3.63, 3.8) is 0 Å². The van der Waals surface area contributed by atoms with Crippen LogP contribution in [0.5, 0.6) is 17.2 Å². The fraction of sp³-hybridized carbons (Fsp3) is 0.342. The minimum absolute atomic E-state index is 0.00117. The van der Waals surface area contributed by atoms with E-state index >= 15 is 0 Å². The van der Waals surface area contributed by atoms with Crippen LogP contribution >= 0.6 is 0 Å². The van der Waals surface area contributed by atoms with Crippen LogP contribution in [0, 0.1) is 0 Å². The molecule has 0 saturated carbocycles. The number of nitrogens with zero attached hydrogens (tertiary/aromatic N) is 2. The van der Waals surface area contributed by atoms with Crippen molar-refractivity contribution >= 4 is 34.6 Å². The van der Waals surface area contributed by atoms with Crippen LogP contribution in [0.15, 0.2) is 71.8 Å². The van der Waals surface area contributed by atoms with E-state index in [2.05, 4.69) is 10.3 Å². The predicted molar refractivity (Wildman–Crippen MR) is 185 cm³/mol. The Kier molecular flexibility index (Phi) is 11.5. The van der Waals surface area contributed by atoms with E-state index in [9.17, 15) is 29.4 Å². The number of benzene rings is 3. The molecule has 256 valence electrons. The van der Waals surface area contributed by atoms with E-state index in [4.69, 9.17) is 9.47 Å². The van der Waals surface area contributed by atoms with E-state index in [-0.39, 0.29) is 53.3 Å². The number of esters is 1. The van der Waals surface area contributed by atoms with E-state index in [1.54, 1.807) is 67.6 Å². The maximum atomic E-state index is 13.6. The molecule has 11 nitrogen and oxygen atoms in total. The molecule has 0 aliphatic carbocycles. The zero-order valence-corrected chi connectivity index (χ0v) is 27.7. The molecule has 0 spiro atoms. The standard InChI is InChI=1S/C38H41N3O8/c1-24-9-8-12-27(42)11-5-3-4-10-26-21-32(43)35(36(45)34(26)38(47)49-24)30(25-15-17-28(48-2)18-16-25)22-33(44)39-19-20-41-23-40-31-14-7-6-13-29(31)37(41)46/h4,6-7,10,13-18,21,23-24,30,43,45H,3,5,8-9,11-12,19-20,22H2,1-2H3,(H,39,44)/b10-4+/t24-,30?/m0/s1. The number of fused-ring (bicyclic) bond motifs is 2. The zero-order chi connectivity index (χ0) is 34.9. The largest absolute Gasteiger partial charge is 0.507 e. The Morgan fingerprint density at radius 1 is 1.08 bits per heavy atom. The molecule has 3 aromatic carbocycles. The number of phenols is 2. The molecule has 1 unspecified atom stereocenters. The van der Waals surface area contributed by atoms with Gasteiger partial charge in [0.15, 0.2) is 0 Å². The van der Waals surface area contributed by atoms with Crippen LogP contribution in [0.2, 0.25) is 0 Å². The molecule has 2 heterocycles. The second-order valence-electron chi connectivity index (χ2n) is 12.2. The summed E-state index contributed by atoms with van der Waals surface area (Å²) in [6.07, 6.45) is 7.24. The third-order valence-electron chi connectivity index (χ3n) is 8.71. The molecule has 1 amide bonds. The number of cyclic esters (lactones) is 1. The van der Waals surface area contributed by atoms with Crippen molar-refractivity contribution in [2.24, 2.45) is 0 Å². The van der Waals surface area contributed by atoms with Crippen LogP contribution in [0.1, 0.15) is 84.8 Å². The van der Waals surface area contributed by atoms with Crippen molar-refractivity contribution in [2.75, 3.05) is 13.7 Å². The Labute approximate surface area is 284 Å². The molecule has 5 rings (SSSR count). The minimum atomic E-state index is -0.880.